The van der Waals surface area contributed by atoms with E-state index in [0.717, 1.165) is 25.0 Å². The van der Waals surface area contributed by atoms with Crippen LogP contribution < -0.4 is 0 Å². The molecule has 16 heavy (non-hydrogen) atoms. The number of aliphatic hydroxyl groups is 1. The van der Waals surface area contributed by atoms with Crippen molar-refractivity contribution in [3.8, 4) is 0 Å². The predicted octanol–water partition coefficient (Wildman–Crippen LogP) is 2.71. The fraction of sp³-hybridized carbons (Fsp3) is 0.571. The Kier molecular flexibility index (Phi) is 3.62. The van der Waals surface area contributed by atoms with E-state index in [2.05, 4.69) is 6.07 Å². The summed E-state index contributed by atoms with van der Waals surface area (Å²) in [6, 6.07) is 8.18. The number of benzene rings is 1. The van der Waals surface area contributed by atoms with Crippen LogP contribution >= 0.6 is 0 Å². The van der Waals surface area contributed by atoms with E-state index in [-0.39, 0.29) is 12.2 Å². The van der Waals surface area contributed by atoms with Crippen LogP contribution in [0.1, 0.15) is 37.5 Å². The molecule has 1 aromatic rings. The second kappa shape index (κ2) is 4.98. The van der Waals surface area contributed by atoms with Gasteiger partial charge in [-0.2, -0.15) is 0 Å². The average molecular weight is 220 g/mol. The van der Waals surface area contributed by atoms with Gasteiger partial charge in [-0.05, 0) is 43.7 Å². The minimum atomic E-state index is -0.299. The summed E-state index contributed by atoms with van der Waals surface area (Å²) in [6.07, 6.45) is 1.90. The summed E-state index contributed by atoms with van der Waals surface area (Å²) in [5.41, 5.74) is 2.40. The zero-order valence-corrected chi connectivity index (χ0v) is 10.0. The summed E-state index contributed by atoms with van der Waals surface area (Å²) in [5, 5.41) is 10.2. The first-order valence-electron chi connectivity index (χ1n) is 6.06. The fourth-order valence-electron chi connectivity index (χ4n) is 2.37. The summed E-state index contributed by atoms with van der Waals surface area (Å²) >= 11 is 0. The highest BCUT2D eigenvalue weighted by Crippen LogP contribution is 2.37. The molecule has 2 nitrogen and oxygen atoms in total. The van der Waals surface area contributed by atoms with Crippen molar-refractivity contribution in [3.05, 3.63) is 35.4 Å². The van der Waals surface area contributed by atoms with Gasteiger partial charge in [-0.1, -0.05) is 24.3 Å². The second-order valence-electron chi connectivity index (χ2n) is 4.82. The molecule has 0 amide bonds. The van der Waals surface area contributed by atoms with Crippen LogP contribution in [0.15, 0.2) is 24.3 Å². The molecular weight excluding hydrogens is 200 g/mol. The highest BCUT2D eigenvalue weighted by molar-refractivity contribution is 5.34. The van der Waals surface area contributed by atoms with Gasteiger partial charge < -0.3 is 9.84 Å². The number of rotatable bonds is 4. The Labute approximate surface area is 97.3 Å². The number of aliphatic hydroxyl groups excluding tert-OH is 1. The van der Waals surface area contributed by atoms with E-state index in [9.17, 15) is 5.11 Å². The highest BCUT2D eigenvalue weighted by Gasteiger charge is 2.29. The van der Waals surface area contributed by atoms with Gasteiger partial charge in [-0.15, -0.1) is 0 Å². The van der Waals surface area contributed by atoms with Crippen molar-refractivity contribution in [3.63, 3.8) is 0 Å². The zero-order chi connectivity index (χ0) is 11.5. The van der Waals surface area contributed by atoms with Crippen LogP contribution in [-0.4, -0.2) is 17.8 Å². The van der Waals surface area contributed by atoms with Gasteiger partial charge in [-0.25, -0.2) is 0 Å². The molecule has 0 spiro atoms. The van der Waals surface area contributed by atoms with Crippen LogP contribution in [0, 0.1) is 5.92 Å². The first-order valence-corrected chi connectivity index (χ1v) is 6.06. The van der Waals surface area contributed by atoms with E-state index in [1.807, 2.05) is 32.0 Å². The maximum absolute atomic E-state index is 10.2. The Hall–Kier alpha value is -0.860. The summed E-state index contributed by atoms with van der Waals surface area (Å²) in [4.78, 5) is 0. The molecule has 0 aliphatic heterocycles. The topological polar surface area (TPSA) is 29.5 Å². The first kappa shape index (κ1) is 11.6. The first-order chi connectivity index (χ1) is 7.68. The SMILES string of the molecule is CC(C)OCCC1Cc2ccccc2C1O. The normalized spacial score (nSPS) is 23.8. The van der Waals surface area contributed by atoms with Crippen molar-refractivity contribution in [2.24, 2.45) is 5.92 Å². The molecule has 0 aromatic heterocycles. The van der Waals surface area contributed by atoms with Crippen LogP contribution in [0.3, 0.4) is 0 Å². The quantitative estimate of drug-likeness (QED) is 0.845. The minimum Gasteiger partial charge on any atom is -0.388 e. The van der Waals surface area contributed by atoms with Gasteiger partial charge in [0.2, 0.25) is 0 Å². The number of hydrogen-bond donors (Lipinski definition) is 1. The smallest absolute Gasteiger partial charge is 0.0824 e. The number of ether oxygens (including phenoxy) is 1. The molecule has 0 heterocycles. The lowest BCUT2D eigenvalue weighted by molar-refractivity contribution is 0.0455. The van der Waals surface area contributed by atoms with Gasteiger partial charge >= 0.3 is 0 Å². The van der Waals surface area contributed by atoms with Crippen molar-refractivity contribution in [1.82, 2.24) is 0 Å². The van der Waals surface area contributed by atoms with Gasteiger partial charge in [-0.3, -0.25) is 0 Å². The Morgan fingerprint density at radius 2 is 2.12 bits per heavy atom. The van der Waals surface area contributed by atoms with Crippen molar-refractivity contribution in [2.75, 3.05) is 6.61 Å². The van der Waals surface area contributed by atoms with Crippen molar-refractivity contribution in [2.45, 2.75) is 38.9 Å². The Morgan fingerprint density at radius 3 is 2.81 bits per heavy atom. The number of hydrogen-bond acceptors (Lipinski definition) is 2. The Morgan fingerprint density at radius 1 is 1.38 bits per heavy atom. The Balaban J connectivity index is 1.92. The predicted molar refractivity (Wildman–Crippen MR) is 64.3 cm³/mol. The lowest BCUT2D eigenvalue weighted by Gasteiger charge is -2.16. The molecule has 0 radical (unpaired) electrons. The zero-order valence-electron chi connectivity index (χ0n) is 10.0. The maximum atomic E-state index is 10.2. The summed E-state index contributed by atoms with van der Waals surface area (Å²) in [5.74, 6) is 0.330. The van der Waals surface area contributed by atoms with Crippen LogP contribution in [0.5, 0.6) is 0 Å². The van der Waals surface area contributed by atoms with E-state index in [4.69, 9.17) is 4.74 Å². The van der Waals surface area contributed by atoms with Gasteiger partial charge in [0, 0.05) is 6.61 Å². The van der Waals surface area contributed by atoms with Crippen LogP contribution in [0.4, 0.5) is 0 Å². The van der Waals surface area contributed by atoms with E-state index < -0.39 is 0 Å². The van der Waals surface area contributed by atoms with Gasteiger partial charge in [0.15, 0.2) is 0 Å². The lowest BCUT2D eigenvalue weighted by atomic mass is 10.0. The molecule has 0 saturated heterocycles. The summed E-state index contributed by atoms with van der Waals surface area (Å²) in [7, 11) is 0. The van der Waals surface area contributed by atoms with Gasteiger partial charge in [0.05, 0.1) is 12.2 Å². The Bertz CT molecular complexity index is 346. The third-order valence-corrected chi connectivity index (χ3v) is 3.24. The van der Waals surface area contributed by atoms with Crippen LogP contribution in [0.2, 0.25) is 0 Å². The summed E-state index contributed by atoms with van der Waals surface area (Å²) in [6.45, 7) is 4.83. The van der Waals surface area contributed by atoms with Crippen LogP contribution in [0.25, 0.3) is 0 Å². The third-order valence-electron chi connectivity index (χ3n) is 3.24. The lowest BCUT2D eigenvalue weighted by Crippen LogP contribution is -2.12. The average Bonchev–Trinajstić information content (AvgIpc) is 2.56. The molecule has 0 fully saturated rings. The van der Waals surface area contributed by atoms with E-state index >= 15 is 0 Å². The second-order valence-corrected chi connectivity index (χ2v) is 4.82. The highest BCUT2D eigenvalue weighted by atomic mass is 16.5. The molecule has 1 aliphatic carbocycles. The molecule has 0 saturated carbocycles. The van der Waals surface area contributed by atoms with E-state index in [1.165, 1.54) is 5.56 Å². The van der Waals surface area contributed by atoms with Gasteiger partial charge in [0.1, 0.15) is 0 Å². The molecule has 2 rings (SSSR count). The molecule has 1 aliphatic rings. The fourth-order valence-corrected chi connectivity index (χ4v) is 2.37. The molecule has 88 valence electrons. The minimum absolute atomic E-state index is 0.279. The monoisotopic (exact) mass is 220 g/mol. The largest absolute Gasteiger partial charge is 0.388 e. The maximum Gasteiger partial charge on any atom is 0.0824 e. The number of fused-ring (bicyclic) bond motifs is 1. The standard InChI is InChI=1S/C14H20O2/c1-10(2)16-8-7-12-9-11-5-3-4-6-13(11)14(12)15/h3-6,10,12,14-15H,7-9H2,1-2H3. The van der Waals surface area contributed by atoms with E-state index in [0.29, 0.717) is 5.92 Å². The van der Waals surface area contributed by atoms with Gasteiger partial charge in [0.25, 0.3) is 0 Å². The molecule has 2 atom stereocenters. The molecule has 0 bridgehead atoms. The van der Waals surface area contributed by atoms with Crippen LogP contribution in [-0.2, 0) is 11.2 Å². The third kappa shape index (κ3) is 2.45. The van der Waals surface area contributed by atoms with Crippen molar-refractivity contribution >= 4 is 0 Å². The molecule has 2 heteroatoms. The van der Waals surface area contributed by atoms with Crippen molar-refractivity contribution in [1.29, 1.82) is 0 Å². The molecular formula is C14H20O2. The molecule has 1 N–H and O–H groups in total. The van der Waals surface area contributed by atoms with Crippen molar-refractivity contribution < 1.29 is 9.84 Å². The molecule has 2 unspecified atom stereocenters. The molecule has 1 aromatic carbocycles. The summed E-state index contributed by atoms with van der Waals surface area (Å²) < 4.78 is 5.54. The van der Waals surface area contributed by atoms with E-state index in [1.54, 1.807) is 0 Å².